The van der Waals surface area contributed by atoms with Gasteiger partial charge in [-0.3, -0.25) is 4.18 Å². The molecule has 3 nitrogen and oxygen atoms in total. The Hall–Kier alpha value is -0.870. The van der Waals surface area contributed by atoms with Gasteiger partial charge in [-0.2, -0.15) is 8.42 Å². The summed E-state index contributed by atoms with van der Waals surface area (Å²) in [6.07, 6.45) is 12.4. The van der Waals surface area contributed by atoms with E-state index < -0.39 is 10.1 Å². The van der Waals surface area contributed by atoms with E-state index in [1.54, 1.807) is 12.1 Å². The predicted molar refractivity (Wildman–Crippen MR) is 134 cm³/mol. The van der Waals surface area contributed by atoms with Crippen LogP contribution in [0.5, 0.6) is 0 Å². The summed E-state index contributed by atoms with van der Waals surface area (Å²) in [5.74, 6) is 3.26. The SMILES string of the molecule is CC(C)(C)c1ccc(S(=O)(=O)OC2CCC3(C)C4CCC5(C)CCCC5C4CC[C@H]3C2)cc1. The molecule has 0 saturated heterocycles. The Morgan fingerprint density at radius 3 is 2.30 bits per heavy atom. The van der Waals surface area contributed by atoms with Gasteiger partial charge >= 0.3 is 0 Å². The number of benzene rings is 1. The van der Waals surface area contributed by atoms with Crippen molar-refractivity contribution in [3.05, 3.63) is 29.8 Å². The molecule has 184 valence electrons. The Kier molecular flexibility index (Phi) is 5.84. The van der Waals surface area contributed by atoms with Crippen molar-refractivity contribution in [1.29, 1.82) is 0 Å². The second-order valence-electron chi connectivity index (χ2n) is 13.5. The van der Waals surface area contributed by atoms with Gasteiger partial charge in [0.15, 0.2) is 0 Å². The molecule has 0 aliphatic heterocycles. The molecule has 0 spiro atoms. The molecular formula is C29H44O3S. The molecule has 0 radical (unpaired) electrons. The van der Waals surface area contributed by atoms with Crippen molar-refractivity contribution >= 4 is 10.1 Å². The van der Waals surface area contributed by atoms with Gasteiger partial charge in [0.05, 0.1) is 11.0 Å². The monoisotopic (exact) mass is 472 g/mol. The van der Waals surface area contributed by atoms with Crippen molar-refractivity contribution in [3.8, 4) is 0 Å². The van der Waals surface area contributed by atoms with Crippen LogP contribution in [0.25, 0.3) is 0 Å². The zero-order valence-corrected chi connectivity index (χ0v) is 22.2. The molecule has 1 aromatic carbocycles. The minimum Gasteiger partial charge on any atom is -0.263 e. The van der Waals surface area contributed by atoms with E-state index in [4.69, 9.17) is 4.18 Å². The minimum absolute atomic E-state index is 0.00483. The van der Waals surface area contributed by atoms with Crippen molar-refractivity contribution in [2.75, 3.05) is 0 Å². The fraction of sp³-hybridized carbons (Fsp3) is 0.793. The molecule has 0 bridgehead atoms. The van der Waals surface area contributed by atoms with Crippen molar-refractivity contribution in [2.45, 2.75) is 115 Å². The highest BCUT2D eigenvalue weighted by molar-refractivity contribution is 7.86. The Balaban J connectivity index is 1.27. The third kappa shape index (κ3) is 4.11. The van der Waals surface area contributed by atoms with Crippen LogP contribution >= 0.6 is 0 Å². The molecule has 7 atom stereocenters. The minimum atomic E-state index is -3.72. The second kappa shape index (κ2) is 8.08. The van der Waals surface area contributed by atoms with Crippen LogP contribution in [0.4, 0.5) is 0 Å². The molecule has 1 aromatic rings. The van der Waals surface area contributed by atoms with Gasteiger partial charge in [0.2, 0.25) is 0 Å². The number of hydrogen-bond donors (Lipinski definition) is 0. The molecule has 4 fully saturated rings. The maximum atomic E-state index is 13.1. The van der Waals surface area contributed by atoms with Crippen LogP contribution in [0.2, 0.25) is 0 Å². The Morgan fingerprint density at radius 1 is 0.879 bits per heavy atom. The summed E-state index contributed by atoms with van der Waals surface area (Å²) in [5, 5.41) is 0. The lowest BCUT2D eigenvalue weighted by molar-refractivity contribution is -0.117. The summed E-state index contributed by atoms with van der Waals surface area (Å²) in [6.45, 7) is 11.5. The van der Waals surface area contributed by atoms with Crippen LogP contribution in [0.1, 0.15) is 104 Å². The standard InChI is InChI=1S/C29H44O3S/c1-27(2,3)20-8-11-23(12-9-20)33(30,31)32-22-14-18-29(5)21(19-22)10-13-24-25-7-6-16-28(25,4)17-15-26(24)29/h8-9,11-12,21-22,24-26H,6-7,10,13-19H2,1-5H3/t21-,22?,24?,25?,26?,28?,29?/m0/s1. The molecule has 4 heteroatoms. The highest BCUT2D eigenvalue weighted by atomic mass is 32.2. The maximum Gasteiger partial charge on any atom is 0.297 e. The fourth-order valence-electron chi connectivity index (χ4n) is 8.66. The van der Waals surface area contributed by atoms with Crippen LogP contribution in [0, 0.1) is 34.5 Å². The Labute approximate surface area is 202 Å². The first-order valence-corrected chi connectivity index (χ1v) is 14.9. The van der Waals surface area contributed by atoms with Gasteiger partial charge in [0, 0.05) is 0 Å². The molecule has 0 N–H and O–H groups in total. The van der Waals surface area contributed by atoms with Gasteiger partial charge in [0.1, 0.15) is 0 Å². The zero-order valence-electron chi connectivity index (χ0n) is 21.4. The Bertz CT molecular complexity index is 975. The summed E-state index contributed by atoms with van der Waals surface area (Å²) in [5.41, 5.74) is 2.11. The van der Waals surface area contributed by atoms with Crippen molar-refractivity contribution in [1.82, 2.24) is 0 Å². The molecule has 0 amide bonds. The first kappa shape index (κ1) is 23.9. The van der Waals surface area contributed by atoms with Crippen molar-refractivity contribution < 1.29 is 12.6 Å². The van der Waals surface area contributed by atoms with Gasteiger partial charge in [-0.05, 0) is 115 Å². The average Bonchev–Trinajstić information content (AvgIpc) is 3.15. The van der Waals surface area contributed by atoms with E-state index in [9.17, 15) is 8.42 Å². The highest BCUT2D eigenvalue weighted by Crippen LogP contribution is 2.66. The normalized spacial score (nSPS) is 41.2. The molecular weight excluding hydrogens is 428 g/mol. The summed E-state index contributed by atoms with van der Waals surface area (Å²) in [7, 11) is -3.72. The van der Waals surface area contributed by atoms with Crippen LogP contribution in [-0.4, -0.2) is 14.5 Å². The van der Waals surface area contributed by atoms with Crippen LogP contribution in [-0.2, 0) is 19.7 Å². The smallest absolute Gasteiger partial charge is 0.263 e. The molecule has 4 aliphatic carbocycles. The summed E-state index contributed by atoms with van der Waals surface area (Å²) < 4.78 is 32.0. The largest absolute Gasteiger partial charge is 0.297 e. The summed E-state index contributed by atoms with van der Waals surface area (Å²) in [6, 6.07) is 7.29. The summed E-state index contributed by atoms with van der Waals surface area (Å²) >= 11 is 0. The van der Waals surface area contributed by atoms with Crippen molar-refractivity contribution in [3.63, 3.8) is 0 Å². The fourth-order valence-corrected chi connectivity index (χ4v) is 9.77. The Morgan fingerprint density at radius 2 is 1.61 bits per heavy atom. The third-order valence-electron chi connectivity index (χ3n) is 10.7. The number of hydrogen-bond acceptors (Lipinski definition) is 3. The summed E-state index contributed by atoms with van der Waals surface area (Å²) in [4.78, 5) is 0.292. The van der Waals surface area contributed by atoms with E-state index in [0.717, 1.165) is 42.6 Å². The molecule has 4 saturated carbocycles. The highest BCUT2D eigenvalue weighted by Gasteiger charge is 2.58. The predicted octanol–water partition coefficient (Wildman–Crippen LogP) is 7.49. The van der Waals surface area contributed by atoms with E-state index in [1.165, 1.54) is 44.9 Å². The van der Waals surface area contributed by atoms with E-state index in [-0.39, 0.29) is 11.5 Å². The van der Waals surface area contributed by atoms with Gasteiger partial charge < -0.3 is 0 Å². The lowest BCUT2D eigenvalue weighted by atomic mass is 9.45. The lowest BCUT2D eigenvalue weighted by Gasteiger charge is -2.60. The van der Waals surface area contributed by atoms with Crippen LogP contribution < -0.4 is 0 Å². The molecule has 4 aliphatic rings. The van der Waals surface area contributed by atoms with E-state index in [0.29, 0.717) is 21.6 Å². The van der Waals surface area contributed by atoms with Crippen LogP contribution in [0.3, 0.4) is 0 Å². The number of fused-ring (bicyclic) bond motifs is 5. The average molecular weight is 473 g/mol. The van der Waals surface area contributed by atoms with Gasteiger partial charge in [0.25, 0.3) is 10.1 Å². The van der Waals surface area contributed by atoms with E-state index >= 15 is 0 Å². The molecule has 0 aromatic heterocycles. The van der Waals surface area contributed by atoms with Gasteiger partial charge in [-0.1, -0.05) is 53.2 Å². The number of rotatable bonds is 3. The van der Waals surface area contributed by atoms with Crippen molar-refractivity contribution in [2.24, 2.45) is 34.5 Å². The molecule has 6 unspecified atom stereocenters. The maximum absolute atomic E-state index is 13.1. The zero-order chi connectivity index (χ0) is 23.6. The molecule has 0 heterocycles. The second-order valence-corrected chi connectivity index (χ2v) is 15.0. The molecule has 5 rings (SSSR count). The first-order chi connectivity index (χ1) is 15.4. The van der Waals surface area contributed by atoms with Crippen LogP contribution in [0.15, 0.2) is 29.2 Å². The first-order valence-electron chi connectivity index (χ1n) is 13.5. The lowest BCUT2D eigenvalue weighted by Crippen LogP contribution is -2.53. The topological polar surface area (TPSA) is 43.4 Å². The van der Waals surface area contributed by atoms with E-state index in [1.807, 2.05) is 12.1 Å². The van der Waals surface area contributed by atoms with Gasteiger partial charge in [-0.25, -0.2) is 0 Å². The molecule has 33 heavy (non-hydrogen) atoms. The van der Waals surface area contributed by atoms with Gasteiger partial charge in [-0.15, -0.1) is 0 Å². The third-order valence-corrected chi connectivity index (χ3v) is 12.0. The van der Waals surface area contributed by atoms with E-state index in [2.05, 4.69) is 34.6 Å². The quantitative estimate of drug-likeness (QED) is 0.428.